The van der Waals surface area contributed by atoms with E-state index in [9.17, 15) is 5.11 Å². The van der Waals surface area contributed by atoms with Gasteiger partial charge in [0.25, 0.3) is 0 Å². The third-order valence-corrected chi connectivity index (χ3v) is 1.61. The number of nitrogens with two attached hydrogens (primary N) is 1. The summed E-state index contributed by atoms with van der Waals surface area (Å²) in [6.07, 6.45) is 0. The second kappa shape index (κ2) is 4.91. The van der Waals surface area contributed by atoms with Crippen LogP contribution in [0.3, 0.4) is 0 Å². The van der Waals surface area contributed by atoms with E-state index in [1.54, 1.807) is 0 Å². The van der Waals surface area contributed by atoms with Gasteiger partial charge in [-0.3, -0.25) is 0 Å². The topological polar surface area (TPSA) is 86.7 Å². The highest BCUT2D eigenvalue weighted by atomic mass is 35.5. The average molecular weight is 206 g/mol. The van der Waals surface area contributed by atoms with Crippen molar-refractivity contribution >= 4 is 12.4 Å². The summed E-state index contributed by atoms with van der Waals surface area (Å²) in [4.78, 5) is 0. The van der Waals surface area contributed by atoms with E-state index < -0.39 is 6.04 Å². The first-order valence-corrected chi connectivity index (χ1v) is 3.53. The molecule has 1 aromatic carbocycles. The molecule has 13 heavy (non-hydrogen) atoms. The van der Waals surface area contributed by atoms with E-state index in [0.717, 1.165) is 0 Å². The molecule has 4 nitrogen and oxygen atoms in total. The van der Waals surface area contributed by atoms with Crippen molar-refractivity contribution in [3.63, 3.8) is 0 Å². The molecule has 0 aliphatic carbocycles. The van der Waals surface area contributed by atoms with E-state index >= 15 is 0 Å². The molecule has 5 N–H and O–H groups in total. The summed E-state index contributed by atoms with van der Waals surface area (Å²) >= 11 is 0. The van der Waals surface area contributed by atoms with Crippen LogP contribution in [-0.2, 0) is 0 Å². The maximum atomic E-state index is 9.23. The zero-order valence-electron chi connectivity index (χ0n) is 6.84. The number of benzene rings is 1. The first-order chi connectivity index (χ1) is 5.65. The minimum absolute atomic E-state index is 0. The van der Waals surface area contributed by atoms with Gasteiger partial charge in [-0.2, -0.15) is 0 Å². The number of phenolic OH excluding ortho intramolecular Hbond substituents is 2. The molecule has 0 heterocycles. The van der Waals surface area contributed by atoms with Crippen LogP contribution in [0.5, 0.6) is 11.5 Å². The fourth-order valence-corrected chi connectivity index (χ4v) is 0.937. The van der Waals surface area contributed by atoms with Crippen LogP contribution in [0.25, 0.3) is 0 Å². The van der Waals surface area contributed by atoms with Gasteiger partial charge < -0.3 is 21.1 Å². The molecule has 1 aromatic rings. The molecule has 0 bridgehead atoms. The van der Waals surface area contributed by atoms with Gasteiger partial charge in [0.15, 0.2) is 0 Å². The Labute approximate surface area is 82.0 Å². The summed E-state index contributed by atoms with van der Waals surface area (Å²) in [6, 6.07) is 3.36. The van der Waals surface area contributed by atoms with Gasteiger partial charge in [0.1, 0.15) is 11.5 Å². The van der Waals surface area contributed by atoms with Gasteiger partial charge in [0.05, 0.1) is 12.6 Å². The standard InChI is InChI=1S/C8H11NO3.ClH/c9-7(4-10)6-3-5(11)1-2-8(6)12;/h1-3,7,10-12H,4,9H2;1H/t7-;/m0./s1. The Morgan fingerprint density at radius 1 is 1.31 bits per heavy atom. The molecule has 1 atom stereocenters. The molecule has 0 aromatic heterocycles. The second-order valence-corrected chi connectivity index (χ2v) is 2.53. The van der Waals surface area contributed by atoms with Crippen molar-refractivity contribution in [2.24, 2.45) is 5.73 Å². The van der Waals surface area contributed by atoms with Gasteiger partial charge >= 0.3 is 0 Å². The maximum Gasteiger partial charge on any atom is 0.120 e. The number of hydrogen-bond acceptors (Lipinski definition) is 4. The minimum Gasteiger partial charge on any atom is -0.508 e. The van der Waals surface area contributed by atoms with Crippen molar-refractivity contribution in [3.05, 3.63) is 23.8 Å². The molecule has 0 radical (unpaired) electrons. The first kappa shape index (κ1) is 12.0. The highest BCUT2D eigenvalue weighted by Crippen LogP contribution is 2.26. The molecule has 0 aliphatic rings. The highest BCUT2D eigenvalue weighted by Gasteiger charge is 2.09. The van der Waals surface area contributed by atoms with Gasteiger partial charge in [0, 0.05) is 5.56 Å². The SMILES string of the molecule is Cl.N[C@@H](CO)c1cc(O)ccc1O. The van der Waals surface area contributed by atoms with Crippen molar-refractivity contribution < 1.29 is 15.3 Å². The number of rotatable bonds is 2. The Kier molecular flexibility index (Phi) is 4.55. The smallest absolute Gasteiger partial charge is 0.120 e. The Morgan fingerprint density at radius 2 is 1.92 bits per heavy atom. The number of hydrogen-bond donors (Lipinski definition) is 4. The molecule has 0 unspecified atom stereocenters. The quantitative estimate of drug-likeness (QED) is 0.530. The fourth-order valence-electron chi connectivity index (χ4n) is 0.937. The summed E-state index contributed by atoms with van der Waals surface area (Å²) in [5.74, 6) is 0.000972. The van der Waals surface area contributed by atoms with E-state index in [1.807, 2.05) is 0 Å². The van der Waals surface area contributed by atoms with E-state index in [2.05, 4.69) is 0 Å². The third-order valence-electron chi connectivity index (χ3n) is 1.61. The number of aliphatic hydroxyl groups is 1. The molecular weight excluding hydrogens is 194 g/mol. The van der Waals surface area contributed by atoms with Gasteiger partial charge in [-0.25, -0.2) is 0 Å². The van der Waals surface area contributed by atoms with Crippen LogP contribution in [0, 0.1) is 0 Å². The summed E-state index contributed by atoms with van der Waals surface area (Å²) in [5.41, 5.74) is 5.79. The molecule has 0 amide bonds. The van der Waals surface area contributed by atoms with Crippen LogP contribution in [0.2, 0.25) is 0 Å². The van der Waals surface area contributed by atoms with Crippen LogP contribution in [0.1, 0.15) is 11.6 Å². The number of aliphatic hydroxyl groups excluding tert-OH is 1. The van der Waals surface area contributed by atoms with Crippen molar-refractivity contribution in [3.8, 4) is 11.5 Å². The lowest BCUT2D eigenvalue weighted by atomic mass is 10.1. The zero-order chi connectivity index (χ0) is 9.14. The van der Waals surface area contributed by atoms with Crippen LogP contribution in [0.4, 0.5) is 0 Å². The number of aromatic hydroxyl groups is 2. The fraction of sp³-hybridized carbons (Fsp3) is 0.250. The molecule has 0 aliphatic heterocycles. The lowest BCUT2D eigenvalue weighted by molar-refractivity contribution is 0.265. The van der Waals surface area contributed by atoms with Gasteiger partial charge in [-0.1, -0.05) is 0 Å². The minimum atomic E-state index is -0.655. The molecule has 74 valence electrons. The average Bonchev–Trinajstić information content (AvgIpc) is 2.08. The summed E-state index contributed by atoms with van der Waals surface area (Å²) in [7, 11) is 0. The maximum absolute atomic E-state index is 9.23. The lowest BCUT2D eigenvalue weighted by Crippen LogP contribution is -2.14. The van der Waals surface area contributed by atoms with Crippen LogP contribution in [0.15, 0.2) is 18.2 Å². The monoisotopic (exact) mass is 205 g/mol. The largest absolute Gasteiger partial charge is 0.508 e. The van der Waals surface area contributed by atoms with Gasteiger partial charge in [0.2, 0.25) is 0 Å². The van der Waals surface area contributed by atoms with Crippen LogP contribution >= 0.6 is 12.4 Å². The predicted molar refractivity (Wildman–Crippen MR) is 51.0 cm³/mol. The van der Waals surface area contributed by atoms with E-state index in [0.29, 0.717) is 5.56 Å². The van der Waals surface area contributed by atoms with Gasteiger partial charge in [-0.15, -0.1) is 12.4 Å². The van der Waals surface area contributed by atoms with Crippen molar-refractivity contribution in [1.82, 2.24) is 0 Å². The van der Waals surface area contributed by atoms with E-state index in [1.165, 1.54) is 18.2 Å². The zero-order valence-corrected chi connectivity index (χ0v) is 7.66. The Balaban J connectivity index is 0.00000144. The molecule has 0 saturated carbocycles. The Bertz CT molecular complexity index is 280. The first-order valence-electron chi connectivity index (χ1n) is 3.53. The van der Waals surface area contributed by atoms with Crippen LogP contribution < -0.4 is 5.73 Å². The van der Waals surface area contributed by atoms with Crippen molar-refractivity contribution in [2.45, 2.75) is 6.04 Å². The van der Waals surface area contributed by atoms with Gasteiger partial charge in [-0.05, 0) is 18.2 Å². The molecule has 0 fully saturated rings. The highest BCUT2D eigenvalue weighted by molar-refractivity contribution is 5.85. The molecule has 5 heteroatoms. The second-order valence-electron chi connectivity index (χ2n) is 2.53. The molecule has 0 saturated heterocycles. The van der Waals surface area contributed by atoms with E-state index in [-0.39, 0.29) is 30.5 Å². The summed E-state index contributed by atoms with van der Waals surface area (Å²) in [5, 5.41) is 27.0. The van der Waals surface area contributed by atoms with Crippen molar-refractivity contribution in [1.29, 1.82) is 0 Å². The number of halogens is 1. The summed E-state index contributed by atoms with van der Waals surface area (Å²) < 4.78 is 0. The third kappa shape index (κ3) is 2.77. The van der Waals surface area contributed by atoms with Crippen LogP contribution in [-0.4, -0.2) is 21.9 Å². The molecule has 0 spiro atoms. The predicted octanol–water partition coefficient (Wildman–Crippen LogP) is 0.512. The molecule has 1 rings (SSSR count). The van der Waals surface area contributed by atoms with E-state index in [4.69, 9.17) is 15.9 Å². The summed E-state index contributed by atoms with van der Waals surface area (Å²) in [6.45, 7) is -0.267. The van der Waals surface area contributed by atoms with Crippen molar-refractivity contribution in [2.75, 3.05) is 6.61 Å². The number of phenols is 2. The Morgan fingerprint density at radius 3 is 2.46 bits per heavy atom. The lowest BCUT2D eigenvalue weighted by Gasteiger charge is -2.10. The Hall–Kier alpha value is -0.970. The molecular formula is C8H12ClNO3. The normalized spacial score (nSPS) is 11.8.